The van der Waals surface area contributed by atoms with Crippen molar-refractivity contribution < 1.29 is 9.90 Å². The number of nitrogens with one attached hydrogen (secondary N) is 1. The minimum Gasteiger partial charge on any atom is -0.480 e. The lowest BCUT2D eigenvalue weighted by molar-refractivity contribution is -0.145. The number of fused-ring (bicyclic) bond motifs is 2. The van der Waals surface area contributed by atoms with Crippen LogP contribution in [0, 0.1) is 6.92 Å². The van der Waals surface area contributed by atoms with E-state index < -0.39 is 11.5 Å². The van der Waals surface area contributed by atoms with Gasteiger partial charge in [-0.2, -0.15) is 0 Å². The maximum absolute atomic E-state index is 13.4. The van der Waals surface area contributed by atoms with Crippen LogP contribution in [0.1, 0.15) is 37.9 Å². The van der Waals surface area contributed by atoms with E-state index in [4.69, 9.17) is 0 Å². The molecule has 6 heteroatoms. The van der Waals surface area contributed by atoms with Crippen LogP contribution in [0.4, 0.5) is 0 Å². The van der Waals surface area contributed by atoms with E-state index in [1.165, 1.54) is 4.57 Å². The highest BCUT2D eigenvalue weighted by atomic mass is 16.4. The molecule has 0 fully saturated rings. The van der Waals surface area contributed by atoms with Crippen LogP contribution in [0.15, 0.2) is 53.5 Å². The topological polar surface area (TPSA) is 80.0 Å². The summed E-state index contributed by atoms with van der Waals surface area (Å²) in [6, 6.07) is 13.1. The molecule has 2 aromatic heterocycles. The first-order valence-corrected chi connectivity index (χ1v) is 9.27. The molecule has 0 bridgehead atoms. The lowest BCUT2D eigenvalue weighted by atomic mass is 10.0. The van der Waals surface area contributed by atoms with Crippen molar-refractivity contribution in [2.45, 2.75) is 39.3 Å². The van der Waals surface area contributed by atoms with E-state index in [9.17, 15) is 14.7 Å². The Labute approximate surface area is 162 Å². The number of aromatic nitrogens is 3. The van der Waals surface area contributed by atoms with Gasteiger partial charge >= 0.3 is 11.7 Å². The summed E-state index contributed by atoms with van der Waals surface area (Å²) in [6.07, 6.45) is 1.93. The zero-order valence-electron chi connectivity index (χ0n) is 16.4. The number of aryl methyl sites for hydroxylation is 1. The van der Waals surface area contributed by atoms with Crippen molar-refractivity contribution in [3.05, 3.63) is 70.3 Å². The van der Waals surface area contributed by atoms with Crippen molar-refractivity contribution in [3.8, 4) is 0 Å². The third-order valence-electron chi connectivity index (χ3n) is 5.64. The van der Waals surface area contributed by atoms with Gasteiger partial charge in [0.05, 0.1) is 17.1 Å². The van der Waals surface area contributed by atoms with Crippen LogP contribution in [0.2, 0.25) is 0 Å². The lowest BCUT2D eigenvalue weighted by Gasteiger charge is -2.21. The molecule has 28 heavy (non-hydrogen) atoms. The number of benzene rings is 2. The van der Waals surface area contributed by atoms with Crippen LogP contribution in [-0.2, 0) is 10.3 Å². The summed E-state index contributed by atoms with van der Waals surface area (Å²) in [5, 5.41) is 10.8. The minimum atomic E-state index is -1.36. The predicted molar refractivity (Wildman–Crippen MR) is 110 cm³/mol. The Morgan fingerprint density at radius 1 is 1.11 bits per heavy atom. The highest BCUT2D eigenvalue weighted by Crippen LogP contribution is 2.31. The summed E-state index contributed by atoms with van der Waals surface area (Å²) < 4.78 is 3.07. The lowest BCUT2D eigenvalue weighted by Crippen LogP contribution is -2.43. The molecule has 2 N–H and O–H groups in total. The number of carboxylic acid groups (broad SMARTS) is 1. The molecule has 144 valence electrons. The molecule has 0 saturated heterocycles. The van der Waals surface area contributed by atoms with E-state index in [1.807, 2.05) is 56.4 Å². The Morgan fingerprint density at radius 3 is 2.46 bits per heavy atom. The molecular formula is C22H23N3O3. The van der Waals surface area contributed by atoms with E-state index in [-0.39, 0.29) is 11.7 Å². The van der Waals surface area contributed by atoms with Gasteiger partial charge in [-0.15, -0.1) is 0 Å². The van der Waals surface area contributed by atoms with Crippen molar-refractivity contribution in [1.29, 1.82) is 0 Å². The van der Waals surface area contributed by atoms with Crippen LogP contribution >= 0.6 is 0 Å². The number of carbonyl (C=O) groups is 1. The van der Waals surface area contributed by atoms with E-state index in [0.717, 1.165) is 27.5 Å². The summed E-state index contributed by atoms with van der Waals surface area (Å²) in [5.74, 6) is -1.05. The van der Waals surface area contributed by atoms with E-state index in [2.05, 4.69) is 4.98 Å². The van der Waals surface area contributed by atoms with E-state index >= 15 is 0 Å². The van der Waals surface area contributed by atoms with Gasteiger partial charge in [-0.3, -0.25) is 9.13 Å². The van der Waals surface area contributed by atoms with Crippen molar-refractivity contribution in [3.63, 3.8) is 0 Å². The van der Waals surface area contributed by atoms with Crippen molar-refractivity contribution in [2.24, 2.45) is 0 Å². The third-order valence-corrected chi connectivity index (χ3v) is 5.64. The fraction of sp³-hybridized carbons (Fsp3) is 0.273. The zero-order valence-corrected chi connectivity index (χ0v) is 16.4. The number of carboxylic acids is 1. The molecule has 0 aliphatic rings. The minimum absolute atomic E-state index is 0.266. The third kappa shape index (κ3) is 2.41. The second-order valence-corrected chi connectivity index (χ2v) is 7.76. The molecule has 4 rings (SSSR count). The normalized spacial score (nSPS) is 13.3. The van der Waals surface area contributed by atoms with Gasteiger partial charge in [0.1, 0.15) is 5.54 Å². The molecule has 1 unspecified atom stereocenters. The van der Waals surface area contributed by atoms with Gasteiger partial charge in [0, 0.05) is 22.7 Å². The van der Waals surface area contributed by atoms with Crippen molar-refractivity contribution >= 4 is 27.9 Å². The van der Waals surface area contributed by atoms with Gasteiger partial charge in [-0.05, 0) is 51.5 Å². The molecule has 2 aromatic carbocycles. The van der Waals surface area contributed by atoms with Gasteiger partial charge in [0.2, 0.25) is 0 Å². The Kier molecular flexibility index (Phi) is 3.96. The summed E-state index contributed by atoms with van der Waals surface area (Å²) >= 11 is 0. The second-order valence-electron chi connectivity index (χ2n) is 7.76. The predicted octanol–water partition coefficient (Wildman–Crippen LogP) is 4.02. The number of hydrogen-bond acceptors (Lipinski definition) is 2. The van der Waals surface area contributed by atoms with Crippen molar-refractivity contribution in [2.75, 3.05) is 0 Å². The number of H-pyrrole nitrogens is 1. The summed E-state index contributed by atoms with van der Waals surface area (Å²) in [6.45, 7) is 7.12. The zero-order chi connectivity index (χ0) is 20.2. The summed E-state index contributed by atoms with van der Waals surface area (Å²) in [4.78, 5) is 28.6. The van der Waals surface area contributed by atoms with Gasteiger partial charge < -0.3 is 10.1 Å². The van der Waals surface area contributed by atoms with Crippen LogP contribution in [0.5, 0.6) is 0 Å². The monoisotopic (exact) mass is 377 g/mol. The number of nitrogens with zero attached hydrogens (tertiary/aromatic N) is 2. The first kappa shape index (κ1) is 18.1. The molecule has 0 spiro atoms. The molecule has 0 radical (unpaired) electrons. The SMILES string of the molecule is Cc1cccc2[nH]cc(C(C)n3c(=O)n(C(C)(C)C(=O)O)c4ccccc43)c12. The molecule has 0 aliphatic carbocycles. The first-order chi connectivity index (χ1) is 13.2. The Bertz CT molecular complexity index is 1270. The van der Waals surface area contributed by atoms with Gasteiger partial charge in [-0.25, -0.2) is 9.59 Å². The maximum atomic E-state index is 13.4. The molecule has 0 amide bonds. The molecule has 1 atom stereocenters. The molecule has 0 aliphatic heterocycles. The van der Waals surface area contributed by atoms with Crippen LogP contribution in [-0.4, -0.2) is 25.2 Å². The number of para-hydroxylation sites is 2. The average molecular weight is 377 g/mol. The largest absolute Gasteiger partial charge is 0.480 e. The van der Waals surface area contributed by atoms with E-state index in [0.29, 0.717) is 5.52 Å². The first-order valence-electron chi connectivity index (χ1n) is 9.27. The summed E-state index contributed by atoms with van der Waals surface area (Å²) in [7, 11) is 0. The standard InChI is InChI=1S/C22H23N3O3/c1-13-8-7-9-16-19(13)15(12-23-16)14(2)24-17-10-5-6-11-18(17)25(21(24)28)22(3,4)20(26)27/h5-12,14,23H,1-4H3,(H,26,27). The second kappa shape index (κ2) is 6.12. The molecule has 4 aromatic rings. The highest BCUT2D eigenvalue weighted by molar-refractivity contribution is 5.87. The Balaban J connectivity index is 2.03. The van der Waals surface area contributed by atoms with Gasteiger partial charge in [0.25, 0.3) is 0 Å². The Morgan fingerprint density at radius 2 is 1.79 bits per heavy atom. The smallest absolute Gasteiger partial charge is 0.330 e. The van der Waals surface area contributed by atoms with Crippen LogP contribution in [0.25, 0.3) is 21.9 Å². The fourth-order valence-corrected chi connectivity index (χ4v) is 4.05. The fourth-order valence-electron chi connectivity index (χ4n) is 4.05. The number of rotatable bonds is 4. The number of imidazole rings is 1. The molecule has 0 saturated carbocycles. The quantitative estimate of drug-likeness (QED) is 0.564. The van der Waals surface area contributed by atoms with Gasteiger partial charge in [-0.1, -0.05) is 24.3 Å². The number of hydrogen-bond donors (Lipinski definition) is 2. The number of aromatic amines is 1. The maximum Gasteiger partial charge on any atom is 0.330 e. The highest BCUT2D eigenvalue weighted by Gasteiger charge is 2.35. The summed E-state index contributed by atoms with van der Waals surface area (Å²) in [5.41, 5.74) is 2.79. The molecule has 2 heterocycles. The van der Waals surface area contributed by atoms with Crippen molar-refractivity contribution in [1.82, 2.24) is 14.1 Å². The Hall–Kier alpha value is -3.28. The molecule has 6 nitrogen and oxygen atoms in total. The average Bonchev–Trinajstić information content (AvgIpc) is 3.20. The molecular weight excluding hydrogens is 354 g/mol. The van der Waals surface area contributed by atoms with E-state index in [1.54, 1.807) is 24.5 Å². The van der Waals surface area contributed by atoms with Crippen LogP contribution in [0.3, 0.4) is 0 Å². The van der Waals surface area contributed by atoms with Crippen LogP contribution < -0.4 is 5.69 Å². The number of aliphatic carboxylic acids is 1. The van der Waals surface area contributed by atoms with Gasteiger partial charge in [0.15, 0.2) is 0 Å².